The van der Waals surface area contributed by atoms with Gasteiger partial charge in [0.2, 0.25) is 17.7 Å². The van der Waals surface area contributed by atoms with Crippen molar-refractivity contribution in [1.29, 1.82) is 0 Å². The van der Waals surface area contributed by atoms with Crippen LogP contribution in [-0.4, -0.2) is 30.2 Å². The summed E-state index contributed by atoms with van der Waals surface area (Å²) in [6, 6.07) is 12.1. The van der Waals surface area contributed by atoms with Gasteiger partial charge in [0, 0.05) is 36.0 Å². The van der Waals surface area contributed by atoms with Crippen molar-refractivity contribution >= 4 is 51.0 Å². The summed E-state index contributed by atoms with van der Waals surface area (Å²) < 4.78 is 6.40. The molecule has 3 amide bonds. The highest BCUT2D eigenvalue weighted by molar-refractivity contribution is 9.10. The number of ether oxygens (including phenoxy) is 1. The lowest BCUT2D eigenvalue weighted by Gasteiger charge is -2.18. The highest BCUT2D eigenvalue weighted by atomic mass is 79.9. The number of benzene rings is 2. The molecule has 2 heterocycles. The van der Waals surface area contributed by atoms with Crippen LogP contribution in [0.25, 0.3) is 0 Å². The van der Waals surface area contributed by atoms with Gasteiger partial charge >= 0.3 is 5.97 Å². The Kier molecular flexibility index (Phi) is 5.42. The summed E-state index contributed by atoms with van der Waals surface area (Å²) >= 11 is 3.36. The number of hydrogen-bond acceptors (Lipinski definition) is 5. The summed E-state index contributed by atoms with van der Waals surface area (Å²) in [5, 5.41) is 0. The van der Waals surface area contributed by atoms with E-state index in [4.69, 9.17) is 4.74 Å². The van der Waals surface area contributed by atoms with Crippen molar-refractivity contribution in [2.24, 2.45) is 5.92 Å². The number of hydrogen-bond donors (Lipinski definition) is 0. The Morgan fingerprint density at radius 2 is 1.67 bits per heavy atom. The van der Waals surface area contributed by atoms with Gasteiger partial charge in [-0.15, -0.1) is 0 Å². The lowest BCUT2D eigenvalue weighted by atomic mass is 10.1. The van der Waals surface area contributed by atoms with E-state index in [-0.39, 0.29) is 43.5 Å². The molecule has 0 radical (unpaired) electrons. The molecule has 2 aliphatic heterocycles. The molecule has 7 nitrogen and oxygen atoms in total. The van der Waals surface area contributed by atoms with Crippen LogP contribution in [0.2, 0.25) is 0 Å². The minimum Gasteiger partial charge on any atom is -0.426 e. The van der Waals surface area contributed by atoms with Gasteiger partial charge in [0.15, 0.2) is 0 Å². The van der Waals surface area contributed by atoms with Gasteiger partial charge in [-0.1, -0.05) is 15.9 Å². The molecule has 4 rings (SSSR count). The number of carbonyl (C=O) groups is 4. The second kappa shape index (κ2) is 8.02. The molecule has 2 aromatic rings. The molecule has 1 atom stereocenters. The van der Waals surface area contributed by atoms with Gasteiger partial charge in [0.25, 0.3) is 0 Å². The minimum absolute atomic E-state index is 0.0861. The van der Waals surface area contributed by atoms with Crippen LogP contribution in [0, 0.1) is 12.8 Å². The molecule has 0 N–H and O–H groups in total. The summed E-state index contributed by atoms with van der Waals surface area (Å²) in [5.41, 5.74) is 1.89. The van der Waals surface area contributed by atoms with Crippen LogP contribution in [0.1, 0.15) is 24.8 Å². The van der Waals surface area contributed by atoms with E-state index in [0.717, 1.165) is 10.2 Å². The number of halogens is 1. The summed E-state index contributed by atoms with van der Waals surface area (Å²) in [7, 11) is 0. The van der Waals surface area contributed by atoms with E-state index in [9.17, 15) is 19.2 Å². The standard InChI is InChI=1S/C22H19BrN2O5/c1-13-10-17(6-7-18(13)25-19(26)8-9-20(25)27)30-22(29)14-11-21(28)24(12-14)16-4-2-15(23)3-5-16/h2-7,10,14H,8-9,11-12H2,1H3. The van der Waals surface area contributed by atoms with Crippen LogP contribution in [0.5, 0.6) is 5.75 Å². The van der Waals surface area contributed by atoms with Gasteiger partial charge in [-0.25, -0.2) is 0 Å². The van der Waals surface area contributed by atoms with Gasteiger partial charge in [-0.05, 0) is 55.0 Å². The quantitative estimate of drug-likeness (QED) is 0.388. The maximum Gasteiger partial charge on any atom is 0.316 e. The highest BCUT2D eigenvalue weighted by Gasteiger charge is 2.36. The Balaban J connectivity index is 1.44. The molecule has 30 heavy (non-hydrogen) atoms. The van der Waals surface area contributed by atoms with Gasteiger partial charge in [-0.2, -0.15) is 0 Å². The number of nitrogens with zero attached hydrogens (tertiary/aromatic N) is 2. The van der Waals surface area contributed by atoms with E-state index in [2.05, 4.69) is 15.9 Å². The maximum absolute atomic E-state index is 12.6. The first-order valence-corrected chi connectivity index (χ1v) is 10.4. The van der Waals surface area contributed by atoms with E-state index < -0.39 is 11.9 Å². The monoisotopic (exact) mass is 470 g/mol. The lowest BCUT2D eigenvalue weighted by Crippen LogP contribution is -2.29. The zero-order valence-electron chi connectivity index (χ0n) is 16.3. The predicted molar refractivity (Wildman–Crippen MR) is 113 cm³/mol. The first kappa shape index (κ1) is 20.3. The minimum atomic E-state index is -0.567. The molecule has 154 valence electrons. The Morgan fingerprint density at radius 1 is 1.00 bits per heavy atom. The molecule has 2 aliphatic rings. The normalized spacial score (nSPS) is 19.0. The Labute approximate surface area is 181 Å². The van der Waals surface area contributed by atoms with Gasteiger partial charge in [0.1, 0.15) is 5.75 Å². The van der Waals surface area contributed by atoms with Crippen molar-refractivity contribution in [2.45, 2.75) is 26.2 Å². The SMILES string of the molecule is Cc1cc(OC(=O)C2CC(=O)N(c3ccc(Br)cc3)C2)ccc1N1C(=O)CCC1=O. The van der Waals surface area contributed by atoms with E-state index >= 15 is 0 Å². The van der Waals surface area contributed by atoms with Crippen molar-refractivity contribution in [3.63, 3.8) is 0 Å². The Hall–Kier alpha value is -3.00. The zero-order chi connectivity index (χ0) is 21.4. The lowest BCUT2D eigenvalue weighted by molar-refractivity contribution is -0.139. The van der Waals surface area contributed by atoms with E-state index in [1.165, 1.54) is 4.90 Å². The number of carbonyl (C=O) groups excluding carboxylic acids is 4. The first-order chi connectivity index (χ1) is 14.3. The highest BCUT2D eigenvalue weighted by Crippen LogP contribution is 2.31. The topological polar surface area (TPSA) is 84.0 Å². The van der Waals surface area contributed by atoms with Crippen LogP contribution >= 0.6 is 15.9 Å². The second-order valence-electron chi connectivity index (χ2n) is 7.37. The largest absolute Gasteiger partial charge is 0.426 e. The number of imide groups is 1. The molecular formula is C22H19BrN2O5. The van der Waals surface area contributed by atoms with Crippen molar-refractivity contribution in [3.05, 3.63) is 52.5 Å². The smallest absolute Gasteiger partial charge is 0.316 e. The summed E-state index contributed by atoms with van der Waals surface area (Å²) in [5.74, 6) is -1.33. The molecule has 8 heteroatoms. The maximum atomic E-state index is 12.6. The first-order valence-electron chi connectivity index (χ1n) is 9.57. The van der Waals surface area contributed by atoms with Gasteiger partial charge < -0.3 is 9.64 Å². The van der Waals surface area contributed by atoms with Crippen LogP contribution in [-0.2, 0) is 19.2 Å². The number of rotatable bonds is 4. The molecular weight excluding hydrogens is 452 g/mol. The average molecular weight is 471 g/mol. The molecule has 0 aliphatic carbocycles. The number of amides is 3. The number of anilines is 2. The van der Waals surface area contributed by atoms with Crippen molar-refractivity contribution < 1.29 is 23.9 Å². The Morgan fingerprint density at radius 3 is 2.30 bits per heavy atom. The van der Waals surface area contributed by atoms with Crippen molar-refractivity contribution in [3.8, 4) is 5.75 Å². The van der Waals surface area contributed by atoms with Crippen LogP contribution in [0.15, 0.2) is 46.9 Å². The third-order valence-electron chi connectivity index (χ3n) is 5.28. The second-order valence-corrected chi connectivity index (χ2v) is 8.29. The average Bonchev–Trinajstić information content (AvgIpc) is 3.25. The van der Waals surface area contributed by atoms with E-state index in [0.29, 0.717) is 17.0 Å². The summed E-state index contributed by atoms with van der Waals surface area (Å²) in [6.45, 7) is 2.01. The fourth-order valence-corrected chi connectivity index (χ4v) is 3.99. The molecule has 2 aromatic carbocycles. The molecule has 2 saturated heterocycles. The van der Waals surface area contributed by atoms with E-state index in [1.54, 1.807) is 30.0 Å². The molecule has 2 fully saturated rings. The van der Waals surface area contributed by atoms with Crippen LogP contribution < -0.4 is 14.5 Å². The predicted octanol–water partition coefficient (Wildman–Crippen LogP) is 3.37. The Bertz CT molecular complexity index is 1030. The third-order valence-corrected chi connectivity index (χ3v) is 5.80. The third kappa shape index (κ3) is 3.87. The van der Waals surface area contributed by atoms with Gasteiger partial charge in [0.05, 0.1) is 11.6 Å². The molecule has 0 saturated carbocycles. The number of aryl methyl sites for hydroxylation is 1. The van der Waals surface area contributed by atoms with Crippen LogP contribution in [0.4, 0.5) is 11.4 Å². The zero-order valence-corrected chi connectivity index (χ0v) is 17.8. The molecule has 0 spiro atoms. The molecule has 0 aromatic heterocycles. The fourth-order valence-electron chi connectivity index (χ4n) is 3.72. The van der Waals surface area contributed by atoms with Crippen molar-refractivity contribution in [1.82, 2.24) is 0 Å². The number of esters is 1. The van der Waals surface area contributed by atoms with Crippen LogP contribution in [0.3, 0.4) is 0 Å². The van der Waals surface area contributed by atoms with E-state index in [1.807, 2.05) is 24.3 Å². The summed E-state index contributed by atoms with van der Waals surface area (Å²) in [6.07, 6.45) is 0.502. The molecule has 1 unspecified atom stereocenters. The summed E-state index contributed by atoms with van der Waals surface area (Å²) in [4.78, 5) is 51.6. The fraction of sp³-hybridized carbons (Fsp3) is 0.273. The van der Waals surface area contributed by atoms with Gasteiger partial charge in [-0.3, -0.25) is 24.1 Å². The molecule has 0 bridgehead atoms. The van der Waals surface area contributed by atoms with Crippen molar-refractivity contribution in [2.75, 3.05) is 16.3 Å².